The maximum atomic E-state index is 12.7. The van der Waals surface area contributed by atoms with E-state index >= 15 is 0 Å². The van der Waals surface area contributed by atoms with Crippen molar-refractivity contribution in [3.8, 4) is 0 Å². The molecule has 0 bridgehead atoms. The quantitative estimate of drug-likeness (QED) is 0.808. The van der Waals surface area contributed by atoms with Crippen molar-refractivity contribution in [3.05, 3.63) is 0 Å². The minimum Gasteiger partial charge on any atom is -0.481 e. The van der Waals surface area contributed by atoms with E-state index in [2.05, 4.69) is 12.2 Å². The van der Waals surface area contributed by atoms with E-state index < -0.39 is 5.97 Å². The van der Waals surface area contributed by atoms with Gasteiger partial charge in [-0.25, -0.2) is 0 Å². The summed E-state index contributed by atoms with van der Waals surface area (Å²) in [5.74, 6) is -0.238. The molecule has 2 unspecified atom stereocenters. The molecule has 2 N–H and O–H groups in total. The van der Waals surface area contributed by atoms with E-state index in [-0.39, 0.29) is 30.5 Å². The second kappa shape index (κ2) is 7.07. The van der Waals surface area contributed by atoms with Crippen molar-refractivity contribution in [2.24, 2.45) is 5.92 Å². The number of hydrogen-bond acceptors (Lipinski definition) is 3. The van der Waals surface area contributed by atoms with E-state index in [1.807, 2.05) is 20.8 Å². The number of aliphatic carboxylic acids is 1. The molecule has 0 saturated carbocycles. The zero-order chi connectivity index (χ0) is 15.3. The first-order valence-corrected chi connectivity index (χ1v) is 7.52. The fourth-order valence-corrected chi connectivity index (χ4v) is 2.73. The molecule has 5 heteroatoms. The first kappa shape index (κ1) is 17.0. The summed E-state index contributed by atoms with van der Waals surface area (Å²) in [5, 5.41) is 12.1. The number of rotatable bonds is 5. The van der Waals surface area contributed by atoms with Crippen LogP contribution in [-0.2, 0) is 9.59 Å². The number of amides is 1. The Bertz CT molecular complexity index is 350. The van der Waals surface area contributed by atoms with Crippen LogP contribution >= 0.6 is 0 Å². The number of hydrogen-bond donors (Lipinski definition) is 2. The standard InChI is InChI=1S/C15H28N2O3/c1-5-11-6-8-16-12(10-11)14(20)17(15(2,3)4)9-7-13(18)19/h11-12,16H,5-10H2,1-4H3,(H,18,19). The van der Waals surface area contributed by atoms with E-state index in [1.54, 1.807) is 4.90 Å². The molecule has 5 nitrogen and oxygen atoms in total. The van der Waals surface area contributed by atoms with Crippen LogP contribution in [0.15, 0.2) is 0 Å². The highest BCUT2D eigenvalue weighted by molar-refractivity contribution is 5.83. The molecule has 0 aromatic rings. The smallest absolute Gasteiger partial charge is 0.305 e. The predicted molar refractivity (Wildman–Crippen MR) is 78.5 cm³/mol. The number of nitrogens with one attached hydrogen (secondary N) is 1. The molecule has 116 valence electrons. The van der Waals surface area contributed by atoms with E-state index in [1.165, 1.54) is 0 Å². The summed E-state index contributed by atoms with van der Waals surface area (Å²) in [6, 6.07) is -0.165. The summed E-state index contributed by atoms with van der Waals surface area (Å²) in [5.41, 5.74) is -0.354. The molecule has 20 heavy (non-hydrogen) atoms. The van der Waals surface area contributed by atoms with Gasteiger partial charge in [0.1, 0.15) is 0 Å². The van der Waals surface area contributed by atoms with Crippen LogP contribution in [0.4, 0.5) is 0 Å². The Morgan fingerprint density at radius 2 is 2.00 bits per heavy atom. The number of carbonyl (C=O) groups excluding carboxylic acids is 1. The van der Waals surface area contributed by atoms with Gasteiger partial charge in [-0.3, -0.25) is 9.59 Å². The lowest BCUT2D eigenvalue weighted by Gasteiger charge is -2.40. The molecule has 1 amide bonds. The molecule has 1 aliphatic heterocycles. The topological polar surface area (TPSA) is 69.6 Å². The van der Waals surface area contributed by atoms with E-state index in [0.717, 1.165) is 25.8 Å². The van der Waals surface area contributed by atoms with Crippen LogP contribution in [0.25, 0.3) is 0 Å². The van der Waals surface area contributed by atoms with Crippen molar-refractivity contribution >= 4 is 11.9 Å². The molecular formula is C15H28N2O3. The molecule has 1 rings (SSSR count). The first-order valence-electron chi connectivity index (χ1n) is 7.52. The lowest BCUT2D eigenvalue weighted by Crippen LogP contribution is -2.56. The van der Waals surface area contributed by atoms with Crippen molar-refractivity contribution < 1.29 is 14.7 Å². The Hall–Kier alpha value is -1.10. The number of nitrogens with zero attached hydrogens (tertiary/aromatic N) is 1. The Morgan fingerprint density at radius 1 is 1.35 bits per heavy atom. The molecule has 1 saturated heterocycles. The van der Waals surface area contributed by atoms with Gasteiger partial charge in [-0.15, -0.1) is 0 Å². The lowest BCUT2D eigenvalue weighted by molar-refractivity contribution is -0.142. The minimum atomic E-state index is -0.866. The van der Waals surface area contributed by atoms with Gasteiger partial charge in [-0.1, -0.05) is 13.3 Å². The summed E-state index contributed by atoms with van der Waals surface area (Å²) >= 11 is 0. The fourth-order valence-electron chi connectivity index (χ4n) is 2.73. The van der Waals surface area contributed by atoms with Gasteiger partial charge in [0.05, 0.1) is 12.5 Å². The zero-order valence-electron chi connectivity index (χ0n) is 13.1. The number of carbonyl (C=O) groups is 2. The van der Waals surface area contributed by atoms with Gasteiger partial charge in [0.25, 0.3) is 0 Å². The maximum Gasteiger partial charge on any atom is 0.305 e. The van der Waals surface area contributed by atoms with Gasteiger partial charge in [0.15, 0.2) is 0 Å². The van der Waals surface area contributed by atoms with Gasteiger partial charge < -0.3 is 15.3 Å². The summed E-state index contributed by atoms with van der Waals surface area (Å²) in [6.45, 7) is 9.15. The monoisotopic (exact) mass is 284 g/mol. The second-order valence-electron chi connectivity index (χ2n) is 6.61. The summed E-state index contributed by atoms with van der Waals surface area (Å²) < 4.78 is 0. The molecule has 1 fully saturated rings. The fraction of sp³-hybridized carbons (Fsp3) is 0.867. The third kappa shape index (κ3) is 4.78. The van der Waals surface area contributed by atoms with Gasteiger partial charge in [0, 0.05) is 12.1 Å². The van der Waals surface area contributed by atoms with Crippen molar-refractivity contribution in [2.45, 2.75) is 65.0 Å². The summed E-state index contributed by atoms with van der Waals surface area (Å²) in [6.07, 6.45) is 3.06. The zero-order valence-corrected chi connectivity index (χ0v) is 13.1. The molecule has 0 spiro atoms. The van der Waals surface area contributed by atoms with Crippen LogP contribution in [0.1, 0.15) is 53.4 Å². The van der Waals surface area contributed by atoms with Gasteiger partial charge in [-0.05, 0) is 46.1 Å². The largest absolute Gasteiger partial charge is 0.481 e. The molecule has 1 heterocycles. The Labute approximate surface area is 121 Å². The van der Waals surface area contributed by atoms with Crippen LogP contribution in [-0.4, -0.2) is 46.6 Å². The Morgan fingerprint density at radius 3 is 2.50 bits per heavy atom. The maximum absolute atomic E-state index is 12.7. The van der Waals surface area contributed by atoms with E-state index in [9.17, 15) is 9.59 Å². The minimum absolute atomic E-state index is 0.00701. The Kier molecular flexibility index (Phi) is 5.99. The third-order valence-electron chi connectivity index (χ3n) is 4.01. The van der Waals surface area contributed by atoms with Crippen molar-refractivity contribution in [3.63, 3.8) is 0 Å². The SMILES string of the molecule is CCC1CCNC(C(=O)N(CCC(=O)O)C(C)(C)C)C1. The van der Waals surface area contributed by atoms with Crippen LogP contribution in [0.3, 0.4) is 0 Å². The average Bonchev–Trinajstić information content (AvgIpc) is 2.36. The highest BCUT2D eigenvalue weighted by Gasteiger charge is 2.34. The molecule has 1 aliphatic rings. The molecule has 0 aliphatic carbocycles. The summed E-state index contributed by atoms with van der Waals surface area (Å²) in [4.78, 5) is 25.2. The molecule has 0 aromatic carbocycles. The van der Waals surface area contributed by atoms with Crippen LogP contribution < -0.4 is 5.32 Å². The molecule has 0 radical (unpaired) electrons. The van der Waals surface area contributed by atoms with Crippen LogP contribution in [0, 0.1) is 5.92 Å². The van der Waals surface area contributed by atoms with Gasteiger partial charge in [0.2, 0.25) is 5.91 Å². The Balaban J connectivity index is 2.74. The van der Waals surface area contributed by atoms with Crippen molar-refractivity contribution in [1.29, 1.82) is 0 Å². The first-order chi connectivity index (χ1) is 9.25. The van der Waals surface area contributed by atoms with E-state index in [4.69, 9.17) is 5.11 Å². The predicted octanol–water partition coefficient (Wildman–Crippen LogP) is 1.87. The molecular weight excluding hydrogens is 256 g/mol. The summed E-state index contributed by atoms with van der Waals surface area (Å²) in [7, 11) is 0. The normalized spacial score (nSPS) is 23.4. The van der Waals surface area contributed by atoms with Crippen molar-refractivity contribution in [2.75, 3.05) is 13.1 Å². The van der Waals surface area contributed by atoms with E-state index in [0.29, 0.717) is 5.92 Å². The third-order valence-corrected chi connectivity index (χ3v) is 4.01. The lowest BCUT2D eigenvalue weighted by atomic mass is 9.89. The van der Waals surface area contributed by atoms with Crippen LogP contribution in [0.5, 0.6) is 0 Å². The highest BCUT2D eigenvalue weighted by atomic mass is 16.4. The average molecular weight is 284 g/mol. The van der Waals surface area contributed by atoms with Gasteiger partial charge in [-0.2, -0.15) is 0 Å². The van der Waals surface area contributed by atoms with Crippen molar-refractivity contribution in [1.82, 2.24) is 10.2 Å². The molecule has 0 aromatic heterocycles. The van der Waals surface area contributed by atoms with Crippen LogP contribution in [0.2, 0.25) is 0 Å². The van der Waals surface area contributed by atoms with Gasteiger partial charge >= 0.3 is 5.97 Å². The second-order valence-corrected chi connectivity index (χ2v) is 6.61. The number of carboxylic acids is 1. The highest BCUT2D eigenvalue weighted by Crippen LogP contribution is 2.23. The number of piperidine rings is 1. The number of carboxylic acid groups (broad SMARTS) is 1. The molecule has 2 atom stereocenters.